The van der Waals surface area contributed by atoms with Crippen LogP contribution in [0.5, 0.6) is 17.2 Å². The molecule has 0 bridgehead atoms. The summed E-state index contributed by atoms with van der Waals surface area (Å²) in [6.07, 6.45) is -0.633. The highest BCUT2D eigenvalue weighted by atomic mass is 19.1. The molecule has 0 spiro atoms. The van der Waals surface area contributed by atoms with Gasteiger partial charge in [0.25, 0.3) is 5.91 Å². The summed E-state index contributed by atoms with van der Waals surface area (Å²) in [4.78, 5) is 14.9. The van der Waals surface area contributed by atoms with Crippen LogP contribution in [-0.2, 0) is 0 Å². The van der Waals surface area contributed by atoms with E-state index in [1.807, 2.05) is 12.1 Å². The molecule has 29 heavy (non-hydrogen) atoms. The smallest absolute Gasteiger partial charge is 0.262 e. The van der Waals surface area contributed by atoms with Crippen LogP contribution < -0.4 is 19.7 Å². The number of carbonyl (C=O) groups is 1. The highest BCUT2D eigenvalue weighted by molar-refractivity contribution is 6.12. The summed E-state index contributed by atoms with van der Waals surface area (Å²) in [5, 5.41) is 13.6. The van der Waals surface area contributed by atoms with Crippen LogP contribution in [0.2, 0.25) is 0 Å². The van der Waals surface area contributed by atoms with E-state index < -0.39 is 12.0 Å². The van der Waals surface area contributed by atoms with E-state index in [1.54, 1.807) is 36.4 Å². The van der Waals surface area contributed by atoms with Gasteiger partial charge < -0.3 is 19.9 Å². The first-order valence-electron chi connectivity index (χ1n) is 8.93. The lowest BCUT2D eigenvalue weighted by Crippen LogP contribution is -2.43. The number of ether oxygens (including phenoxy) is 2. The Morgan fingerprint density at radius 2 is 1.62 bits per heavy atom. The molecule has 3 aromatic carbocycles. The van der Waals surface area contributed by atoms with Gasteiger partial charge in [-0.2, -0.15) is 0 Å². The van der Waals surface area contributed by atoms with Crippen molar-refractivity contribution < 1.29 is 23.8 Å². The molecule has 2 N–H and O–H groups in total. The first-order chi connectivity index (χ1) is 14.0. The molecule has 3 aromatic rings. The van der Waals surface area contributed by atoms with Crippen molar-refractivity contribution in [2.45, 2.75) is 6.17 Å². The van der Waals surface area contributed by atoms with Gasteiger partial charge in [0, 0.05) is 16.9 Å². The standard InChI is InChI=1S/C22H19FN2O4/c1-28-18-11-13(12-19(29-2)20(18)26)21-24-17-6-4-3-5-16(17)22(27)25(21)15-9-7-14(23)8-10-15/h3-12,21,24,26H,1-2H3/t21-/m0/s1. The van der Waals surface area contributed by atoms with Gasteiger partial charge >= 0.3 is 0 Å². The number of carbonyl (C=O) groups excluding carboxylic acids is 1. The molecule has 1 amide bonds. The largest absolute Gasteiger partial charge is 0.502 e. The van der Waals surface area contributed by atoms with E-state index in [-0.39, 0.29) is 23.2 Å². The number of para-hydroxylation sites is 1. The lowest BCUT2D eigenvalue weighted by Gasteiger charge is -2.38. The zero-order valence-corrected chi connectivity index (χ0v) is 15.8. The van der Waals surface area contributed by atoms with E-state index in [9.17, 15) is 14.3 Å². The van der Waals surface area contributed by atoms with Crippen molar-refractivity contribution in [3.63, 3.8) is 0 Å². The molecule has 7 heteroatoms. The van der Waals surface area contributed by atoms with Crippen LogP contribution >= 0.6 is 0 Å². The lowest BCUT2D eigenvalue weighted by atomic mass is 10.0. The summed E-state index contributed by atoms with van der Waals surface area (Å²) < 4.78 is 24.0. The number of benzene rings is 3. The third kappa shape index (κ3) is 3.20. The number of nitrogens with zero attached hydrogens (tertiary/aromatic N) is 1. The number of phenolic OH excluding ortho intramolecular Hbond substituents is 1. The Morgan fingerprint density at radius 3 is 2.24 bits per heavy atom. The molecule has 148 valence electrons. The molecule has 1 aliphatic rings. The van der Waals surface area contributed by atoms with Crippen molar-refractivity contribution in [1.29, 1.82) is 0 Å². The summed E-state index contributed by atoms with van der Waals surface area (Å²) in [6, 6.07) is 16.1. The second-order valence-electron chi connectivity index (χ2n) is 6.52. The molecule has 0 aliphatic carbocycles. The number of amides is 1. The molecule has 1 heterocycles. The summed E-state index contributed by atoms with van der Waals surface area (Å²) in [6.45, 7) is 0. The van der Waals surface area contributed by atoms with E-state index in [1.165, 1.54) is 31.3 Å². The molecule has 0 radical (unpaired) electrons. The van der Waals surface area contributed by atoms with E-state index in [4.69, 9.17) is 9.47 Å². The average molecular weight is 394 g/mol. The van der Waals surface area contributed by atoms with Gasteiger partial charge in [0.05, 0.1) is 19.8 Å². The Hall–Kier alpha value is -3.74. The van der Waals surface area contributed by atoms with Crippen molar-refractivity contribution in [2.75, 3.05) is 24.4 Å². The quantitative estimate of drug-likeness (QED) is 0.690. The van der Waals surface area contributed by atoms with Crippen LogP contribution in [0.4, 0.5) is 15.8 Å². The number of rotatable bonds is 4. The molecule has 0 saturated carbocycles. The minimum Gasteiger partial charge on any atom is -0.502 e. The van der Waals surface area contributed by atoms with E-state index in [2.05, 4.69) is 5.32 Å². The minimum atomic E-state index is -0.633. The van der Waals surface area contributed by atoms with Gasteiger partial charge in [-0.3, -0.25) is 9.69 Å². The summed E-state index contributed by atoms with van der Waals surface area (Å²) in [5.41, 5.74) is 2.33. The molecular weight excluding hydrogens is 375 g/mol. The van der Waals surface area contributed by atoms with Gasteiger partial charge in [-0.15, -0.1) is 0 Å². The molecule has 0 aromatic heterocycles. The van der Waals surface area contributed by atoms with Crippen LogP contribution in [0, 0.1) is 5.82 Å². The number of hydrogen-bond acceptors (Lipinski definition) is 5. The maximum atomic E-state index is 13.5. The van der Waals surface area contributed by atoms with Gasteiger partial charge in [0.1, 0.15) is 12.0 Å². The van der Waals surface area contributed by atoms with Gasteiger partial charge in [0.15, 0.2) is 11.5 Å². The number of aromatic hydroxyl groups is 1. The van der Waals surface area contributed by atoms with Gasteiger partial charge in [-0.05, 0) is 48.5 Å². The number of halogens is 1. The van der Waals surface area contributed by atoms with Crippen LogP contribution in [0.15, 0.2) is 60.7 Å². The van der Waals surface area contributed by atoms with E-state index in [0.29, 0.717) is 22.5 Å². The van der Waals surface area contributed by atoms with Crippen molar-refractivity contribution in [3.05, 3.63) is 77.6 Å². The Kier molecular flexibility index (Phi) is 4.72. The Balaban J connectivity index is 1.89. The van der Waals surface area contributed by atoms with Crippen molar-refractivity contribution >= 4 is 17.3 Å². The number of nitrogens with one attached hydrogen (secondary N) is 1. The highest BCUT2D eigenvalue weighted by Crippen LogP contribution is 2.43. The van der Waals surface area contributed by atoms with E-state index in [0.717, 1.165) is 0 Å². The fourth-order valence-electron chi connectivity index (χ4n) is 3.43. The molecule has 1 atom stereocenters. The summed E-state index contributed by atoms with van der Waals surface area (Å²) in [5.74, 6) is -0.328. The van der Waals surface area contributed by atoms with Crippen LogP contribution in [0.25, 0.3) is 0 Å². The zero-order valence-electron chi connectivity index (χ0n) is 15.8. The monoisotopic (exact) mass is 394 g/mol. The molecule has 0 unspecified atom stereocenters. The molecule has 0 fully saturated rings. The van der Waals surface area contributed by atoms with Gasteiger partial charge in [-0.1, -0.05) is 12.1 Å². The Morgan fingerprint density at radius 1 is 1.00 bits per heavy atom. The Labute approximate surface area is 167 Å². The molecule has 1 aliphatic heterocycles. The first-order valence-corrected chi connectivity index (χ1v) is 8.93. The third-order valence-electron chi connectivity index (χ3n) is 4.85. The second-order valence-corrected chi connectivity index (χ2v) is 6.52. The topological polar surface area (TPSA) is 71.0 Å². The number of phenols is 1. The van der Waals surface area contributed by atoms with Crippen LogP contribution in [-0.4, -0.2) is 25.2 Å². The fourth-order valence-corrected chi connectivity index (χ4v) is 3.43. The highest BCUT2D eigenvalue weighted by Gasteiger charge is 2.35. The maximum Gasteiger partial charge on any atom is 0.262 e. The predicted octanol–water partition coefficient (Wildman–Crippen LogP) is 4.32. The van der Waals surface area contributed by atoms with E-state index >= 15 is 0 Å². The average Bonchev–Trinajstić information content (AvgIpc) is 2.75. The molecule has 0 saturated heterocycles. The second kappa shape index (κ2) is 7.35. The normalized spacial score (nSPS) is 15.5. The third-order valence-corrected chi connectivity index (χ3v) is 4.85. The lowest BCUT2D eigenvalue weighted by molar-refractivity contribution is 0.0974. The van der Waals surface area contributed by atoms with Crippen molar-refractivity contribution in [2.24, 2.45) is 0 Å². The molecule has 6 nitrogen and oxygen atoms in total. The molecule has 4 rings (SSSR count). The molecular formula is C22H19FN2O4. The minimum absolute atomic E-state index is 0.130. The summed E-state index contributed by atoms with van der Waals surface area (Å²) in [7, 11) is 2.87. The predicted molar refractivity (Wildman–Crippen MR) is 107 cm³/mol. The number of hydrogen-bond donors (Lipinski definition) is 2. The number of anilines is 2. The number of fused-ring (bicyclic) bond motifs is 1. The maximum absolute atomic E-state index is 13.5. The van der Waals surface area contributed by atoms with Crippen molar-refractivity contribution in [3.8, 4) is 17.2 Å². The van der Waals surface area contributed by atoms with Crippen LogP contribution in [0.3, 0.4) is 0 Å². The first kappa shape index (κ1) is 18.6. The van der Waals surface area contributed by atoms with Crippen LogP contribution in [0.1, 0.15) is 22.1 Å². The van der Waals surface area contributed by atoms with Gasteiger partial charge in [0.2, 0.25) is 5.75 Å². The zero-order chi connectivity index (χ0) is 20.5. The SMILES string of the molecule is COc1cc([C@H]2Nc3ccccc3C(=O)N2c2ccc(F)cc2)cc(OC)c1O. The number of methoxy groups -OCH3 is 2. The van der Waals surface area contributed by atoms with Crippen molar-refractivity contribution in [1.82, 2.24) is 0 Å². The Bertz CT molecular complexity index is 1040. The van der Waals surface area contributed by atoms with Gasteiger partial charge in [-0.25, -0.2) is 4.39 Å². The fraction of sp³-hybridized carbons (Fsp3) is 0.136. The summed E-state index contributed by atoms with van der Waals surface area (Å²) >= 11 is 0.